The van der Waals surface area contributed by atoms with E-state index >= 15 is 0 Å². The molecule has 0 aliphatic heterocycles. The van der Waals surface area contributed by atoms with Gasteiger partial charge < -0.3 is 14.4 Å². The Morgan fingerprint density at radius 1 is 1.00 bits per heavy atom. The van der Waals surface area contributed by atoms with Gasteiger partial charge in [0.1, 0.15) is 6.10 Å². The average molecular weight is 327 g/mol. The number of carbonyl (C=O) groups excluding carboxylic acids is 1. The van der Waals surface area contributed by atoms with Gasteiger partial charge in [-0.05, 0) is 32.1 Å². The smallest absolute Gasteiger partial charge is 0.348 e. The molecule has 0 N–H and O–H groups in total. The first-order valence-electron chi connectivity index (χ1n) is 8.02. The van der Waals surface area contributed by atoms with Crippen molar-refractivity contribution < 1.29 is 14.3 Å². The number of esters is 1. The molecule has 0 aromatic heterocycles. The molecule has 0 aliphatic carbocycles. The zero-order chi connectivity index (χ0) is 17.6. The Kier molecular flexibility index (Phi) is 6.12. The molecule has 0 spiro atoms. The maximum atomic E-state index is 13.1. The summed E-state index contributed by atoms with van der Waals surface area (Å²) in [4.78, 5) is 15.1. The standard InChI is InChI=1S/C20H25NO3/c1-16(15-21(2)3)24-19(22)20(23-4,17-11-7-5-8-12-17)18-13-9-6-10-14-18/h5-14,16H,15H2,1-4H3. The predicted molar refractivity (Wildman–Crippen MR) is 94.8 cm³/mol. The van der Waals surface area contributed by atoms with Crippen LogP contribution in [0.4, 0.5) is 0 Å². The van der Waals surface area contributed by atoms with Gasteiger partial charge in [-0.1, -0.05) is 60.7 Å². The van der Waals surface area contributed by atoms with E-state index in [0.29, 0.717) is 6.54 Å². The highest BCUT2D eigenvalue weighted by atomic mass is 16.6. The molecule has 0 aliphatic rings. The van der Waals surface area contributed by atoms with E-state index < -0.39 is 11.6 Å². The number of hydrogen-bond acceptors (Lipinski definition) is 4. The lowest BCUT2D eigenvalue weighted by atomic mass is 9.86. The monoisotopic (exact) mass is 327 g/mol. The second-order valence-corrected chi connectivity index (χ2v) is 6.10. The Morgan fingerprint density at radius 3 is 1.83 bits per heavy atom. The molecule has 1 unspecified atom stereocenters. The number of methoxy groups -OCH3 is 1. The van der Waals surface area contributed by atoms with Gasteiger partial charge in [0.25, 0.3) is 0 Å². The third-order valence-electron chi connectivity index (χ3n) is 3.88. The van der Waals surface area contributed by atoms with Crippen LogP contribution in [0.5, 0.6) is 0 Å². The fourth-order valence-corrected chi connectivity index (χ4v) is 2.88. The van der Waals surface area contributed by atoms with E-state index in [1.54, 1.807) is 0 Å². The number of carbonyl (C=O) groups is 1. The van der Waals surface area contributed by atoms with Crippen LogP contribution < -0.4 is 0 Å². The number of likely N-dealkylation sites (N-methyl/N-ethyl adjacent to an activating group) is 1. The molecule has 0 radical (unpaired) electrons. The van der Waals surface area contributed by atoms with E-state index in [1.165, 1.54) is 7.11 Å². The number of benzene rings is 2. The Morgan fingerprint density at radius 2 is 1.46 bits per heavy atom. The van der Waals surface area contributed by atoms with Crippen LogP contribution in [0.1, 0.15) is 18.1 Å². The summed E-state index contributed by atoms with van der Waals surface area (Å²) in [5, 5.41) is 0. The third kappa shape index (κ3) is 3.83. The first kappa shape index (κ1) is 18.2. The van der Waals surface area contributed by atoms with Crippen LogP contribution in [-0.2, 0) is 19.9 Å². The Labute approximate surface area is 144 Å². The van der Waals surface area contributed by atoms with Crippen LogP contribution in [0.15, 0.2) is 60.7 Å². The number of rotatable bonds is 7. The van der Waals surface area contributed by atoms with E-state index in [0.717, 1.165) is 11.1 Å². The lowest BCUT2D eigenvalue weighted by Gasteiger charge is -2.32. The lowest BCUT2D eigenvalue weighted by molar-refractivity contribution is -0.170. The van der Waals surface area contributed by atoms with Crippen LogP contribution in [0, 0.1) is 0 Å². The molecule has 2 aromatic rings. The molecule has 128 valence electrons. The summed E-state index contributed by atoms with van der Waals surface area (Å²) in [5.41, 5.74) is 0.227. The van der Waals surface area contributed by atoms with Gasteiger partial charge in [-0.25, -0.2) is 4.79 Å². The number of hydrogen-bond donors (Lipinski definition) is 0. The predicted octanol–water partition coefficient (Wildman–Crippen LogP) is 3.07. The minimum atomic E-state index is -1.27. The topological polar surface area (TPSA) is 38.8 Å². The largest absolute Gasteiger partial charge is 0.459 e. The van der Waals surface area contributed by atoms with Crippen molar-refractivity contribution in [1.82, 2.24) is 4.90 Å². The summed E-state index contributed by atoms with van der Waals surface area (Å²) in [6.45, 7) is 2.53. The molecule has 0 heterocycles. The molecule has 0 saturated heterocycles. The Bertz CT molecular complexity index is 601. The van der Waals surface area contributed by atoms with Gasteiger partial charge in [0.2, 0.25) is 5.60 Å². The summed E-state index contributed by atoms with van der Waals surface area (Å²) in [6, 6.07) is 18.9. The zero-order valence-electron chi connectivity index (χ0n) is 14.7. The molecule has 0 saturated carbocycles. The van der Waals surface area contributed by atoms with E-state index in [1.807, 2.05) is 86.6 Å². The molecule has 2 aromatic carbocycles. The van der Waals surface area contributed by atoms with Gasteiger partial charge in [-0.15, -0.1) is 0 Å². The van der Waals surface area contributed by atoms with Crippen molar-refractivity contribution in [2.75, 3.05) is 27.7 Å². The van der Waals surface area contributed by atoms with Crippen molar-refractivity contribution >= 4 is 5.97 Å². The molecular formula is C20H25NO3. The molecule has 4 nitrogen and oxygen atoms in total. The summed E-state index contributed by atoms with van der Waals surface area (Å²) >= 11 is 0. The first-order chi connectivity index (χ1) is 11.5. The first-order valence-corrected chi connectivity index (χ1v) is 8.02. The van der Waals surface area contributed by atoms with Crippen molar-refractivity contribution in [3.63, 3.8) is 0 Å². The SMILES string of the molecule is COC(C(=O)OC(C)CN(C)C)(c1ccccc1)c1ccccc1. The summed E-state index contributed by atoms with van der Waals surface area (Å²) in [7, 11) is 5.43. The summed E-state index contributed by atoms with van der Waals surface area (Å²) < 4.78 is 11.5. The van der Waals surface area contributed by atoms with Crippen molar-refractivity contribution in [1.29, 1.82) is 0 Å². The van der Waals surface area contributed by atoms with Gasteiger partial charge in [0.15, 0.2) is 0 Å². The molecule has 1 atom stereocenters. The molecule has 2 rings (SSSR count). The van der Waals surface area contributed by atoms with Gasteiger partial charge in [0, 0.05) is 13.7 Å². The average Bonchev–Trinajstić information content (AvgIpc) is 2.57. The molecule has 0 bridgehead atoms. The molecule has 24 heavy (non-hydrogen) atoms. The minimum Gasteiger partial charge on any atom is -0.459 e. The van der Waals surface area contributed by atoms with E-state index in [-0.39, 0.29) is 6.10 Å². The fraction of sp³-hybridized carbons (Fsp3) is 0.350. The van der Waals surface area contributed by atoms with Crippen LogP contribution in [0.2, 0.25) is 0 Å². The van der Waals surface area contributed by atoms with Crippen LogP contribution >= 0.6 is 0 Å². The second-order valence-electron chi connectivity index (χ2n) is 6.10. The van der Waals surface area contributed by atoms with Crippen molar-refractivity contribution in [3.8, 4) is 0 Å². The molecule has 0 amide bonds. The minimum absolute atomic E-state index is 0.241. The van der Waals surface area contributed by atoms with Crippen LogP contribution in [0.3, 0.4) is 0 Å². The lowest BCUT2D eigenvalue weighted by Crippen LogP contribution is -2.43. The van der Waals surface area contributed by atoms with Gasteiger partial charge in [-0.3, -0.25) is 0 Å². The van der Waals surface area contributed by atoms with Crippen LogP contribution in [-0.4, -0.2) is 44.7 Å². The normalized spacial score (nSPS) is 12.9. The molecule has 0 fully saturated rings. The summed E-state index contributed by atoms with van der Waals surface area (Å²) in [5.74, 6) is -0.406. The fourth-order valence-electron chi connectivity index (χ4n) is 2.88. The summed E-state index contributed by atoms with van der Waals surface area (Å²) in [6.07, 6.45) is -0.241. The zero-order valence-corrected chi connectivity index (χ0v) is 14.7. The van der Waals surface area contributed by atoms with Gasteiger partial charge >= 0.3 is 5.97 Å². The number of nitrogens with zero attached hydrogens (tertiary/aromatic N) is 1. The maximum Gasteiger partial charge on any atom is 0.348 e. The third-order valence-corrected chi connectivity index (χ3v) is 3.88. The number of ether oxygens (including phenoxy) is 2. The second kappa shape index (κ2) is 8.08. The highest BCUT2D eigenvalue weighted by molar-refractivity contribution is 5.86. The molecular weight excluding hydrogens is 302 g/mol. The van der Waals surface area contributed by atoms with Crippen molar-refractivity contribution in [3.05, 3.63) is 71.8 Å². The Balaban J connectivity index is 2.45. The van der Waals surface area contributed by atoms with Crippen molar-refractivity contribution in [2.24, 2.45) is 0 Å². The van der Waals surface area contributed by atoms with Gasteiger partial charge in [0.05, 0.1) is 0 Å². The molecule has 4 heteroatoms. The van der Waals surface area contributed by atoms with Crippen molar-refractivity contribution in [2.45, 2.75) is 18.6 Å². The van der Waals surface area contributed by atoms with E-state index in [2.05, 4.69) is 0 Å². The quantitative estimate of drug-likeness (QED) is 0.733. The van der Waals surface area contributed by atoms with Crippen LogP contribution in [0.25, 0.3) is 0 Å². The maximum absolute atomic E-state index is 13.1. The van der Waals surface area contributed by atoms with E-state index in [4.69, 9.17) is 9.47 Å². The Hall–Kier alpha value is -2.17. The van der Waals surface area contributed by atoms with E-state index in [9.17, 15) is 4.79 Å². The van der Waals surface area contributed by atoms with Gasteiger partial charge in [-0.2, -0.15) is 0 Å². The highest BCUT2D eigenvalue weighted by Crippen LogP contribution is 2.35. The highest BCUT2D eigenvalue weighted by Gasteiger charge is 2.44.